The number of hydrogen-bond donors (Lipinski definition) is 0. The van der Waals surface area contributed by atoms with Crippen molar-refractivity contribution in [3.05, 3.63) is 143 Å². The average molecular weight is 522 g/mol. The van der Waals surface area contributed by atoms with Crippen LogP contribution in [0.1, 0.15) is 57.8 Å². The molecule has 3 atom stereocenters. The van der Waals surface area contributed by atoms with E-state index in [0.29, 0.717) is 17.5 Å². The maximum atomic E-state index is 2.54. The van der Waals surface area contributed by atoms with E-state index in [2.05, 4.69) is 116 Å². The summed E-state index contributed by atoms with van der Waals surface area (Å²) in [5, 5.41) is 8.90. The Labute approximate surface area is 259 Å². The number of rotatable bonds is 4. The molecule has 3 unspecified atom stereocenters. The molecule has 0 nitrogen and oxygen atoms in total. The van der Waals surface area contributed by atoms with Crippen molar-refractivity contribution in [2.45, 2.75) is 50.0 Å². The molecule has 0 aliphatic heterocycles. The van der Waals surface area contributed by atoms with Gasteiger partial charge in [0.25, 0.3) is 0 Å². The van der Waals surface area contributed by atoms with E-state index >= 15 is 0 Å². The van der Waals surface area contributed by atoms with E-state index in [1.54, 1.807) is 49.5 Å². The SMILES string of the molecule is CC[B-](C1Cc2cccc3cccc1c23)(C1Cc2cccc3cccc1c23)C1Cc2cccc3cccc1c23.[Na+]. The Morgan fingerprint density at radius 3 is 1.07 bits per heavy atom. The third-order valence-corrected chi connectivity index (χ3v) is 11.5. The van der Waals surface area contributed by atoms with Crippen LogP contribution in [-0.4, -0.2) is 6.15 Å². The van der Waals surface area contributed by atoms with Gasteiger partial charge in [0.15, 0.2) is 0 Å². The second kappa shape index (κ2) is 9.08. The first-order valence-corrected chi connectivity index (χ1v) is 15.0. The van der Waals surface area contributed by atoms with Crippen molar-refractivity contribution >= 4 is 38.5 Å². The number of hydrogen-bond acceptors (Lipinski definition) is 0. The van der Waals surface area contributed by atoms with Crippen LogP contribution < -0.4 is 29.6 Å². The summed E-state index contributed by atoms with van der Waals surface area (Å²) in [5.41, 5.74) is 9.56. The van der Waals surface area contributed by atoms with Crippen LogP contribution >= 0.6 is 0 Å². The molecule has 0 spiro atoms. The summed E-state index contributed by atoms with van der Waals surface area (Å²) in [6, 6.07) is 42.5. The molecule has 3 aliphatic carbocycles. The molecule has 40 heavy (non-hydrogen) atoms. The summed E-state index contributed by atoms with van der Waals surface area (Å²) < 4.78 is 0. The van der Waals surface area contributed by atoms with Gasteiger partial charge >= 0.3 is 29.6 Å². The van der Waals surface area contributed by atoms with Crippen molar-refractivity contribution in [3.8, 4) is 0 Å². The number of benzene rings is 6. The normalized spacial score (nSPS) is 21.7. The van der Waals surface area contributed by atoms with E-state index in [4.69, 9.17) is 0 Å². The Morgan fingerprint density at radius 1 is 0.475 bits per heavy atom. The van der Waals surface area contributed by atoms with Crippen LogP contribution in [0.15, 0.2) is 109 Å². The summed E-state index contributed by atoms with van der Waals surface area (Å²) in [4.78, 5) is 0. The first-order valence-electron chi connectivity index (χ1n) is 15.0. The Bertz CT molecular complexity index is 1730. The van der Waals surface area contributed by atoms with Gasteiger partial charge in [0.2, 0.25) is 0 Å². The van der Waals surface area contributed by atoms with Crippen LogP contribution in [0.2, 0.25) is 6.32 Å². The fourth-order valence-corrected chi connectivity index (χ4v) is 10.2. The van der Waals surface area contributed by atoms with E-state index < -0.39 is 6.15 Å². The molecule has 6 aromatic rings. The molecule has 0 fully saturated rings. The van der Waals surface area contributed by atoms with Crippen LogP contribution in [0.3, 0.4) is 0 Å². The van der Waals surface area contributed by atoms with Crippen molar-refractivity contribution in [2.24, 2.45) is 0 Å². The van der Waals surface area contributed by atoms with Crippen molar-refractivity contribution in [2.75, 3.05) is 0 Å². The minimum Gasteiger partial charge on any atom is -0.179 e. The molecular weight excluding hydrogens is 490 g/mol. The fourth-order valence-electron chi connectivity index (χ4n) is 10.2. The van der Waals surface area contributed by atoms with Crippen LogP contribution in [0.25, 0.3) is 32.3 Å². The van der Waals surface area contributed by atoms with Crippen LogP contribution in [0.4, 0.5) is 0 Å². The van der Waals surface area contributed by atoms with Crippen molar-refractivity contribution in [1.29, 1.82) is 0 Å². The third-order valence-electron chi connectivity index (χ3n) is 11.5. The van der Waals surface area contributed by atoms with E-state index in [1.807, 2.05) is 0 Å². The summed E-state index contributed by atoms with van der Waals surface area (Å²) in [7, 11) is 0. The maximum absolute atomic E-state index is 2.54. The van der Waals surface area contributed by atoms with E-state index in [-0.39, 0.29) is 29.6 Å². The zero-order valence-corrected chi connectivity index (χ0v) is 25.5. The quantitative estimate of drug-likeness (QED) is 0.230. The smallest absolute Gasteiger partial charge is 0.179 e. The Hall–Kier alpha value is -2.84. The Kier molecular flexibility index (Phi) is 5.66. The van der Waals surface area contributed by atoms with Gasteiger partial charge in [0.1, 0.15) is 0 Å². The summed E-state index contributed by atoms with van der Waals surface area (Å²) in [5.74, 6) is 1.67. The second-order valence-electron chi connectivity index (χ2n) is 12.7. The van der Waals surface area contributed by atoms with Crippen LogP contribution in [-0.2, 0) is 19.3 Å². The van der Waals surface area contributed by atoms with Crippen molar-refractivity contribution < 1.29 is 29.6 Å². The molecule has 0 N–H and O–H groups in total. The van der Waals surface area contributed by atoms with Gasteiger partial charge in [-0.3, -0.25) is 0 Å². The molecule has 2 heteroatoms. The Balaban J connectivity index is 0.00000245. The molecule has 0 aromatic heterocycles. The van der Waals surface area contributed by atoms with E-state index in [9.17, 15) is 0 Å². The third kappa shape index (κ3) is 3.15. The van der Waals surface area contributed by atoms with Gasteiger partial charge in [-0.25, -0.2) is 0 Å². The van der Waals surface area contributed by atoms with Crippen molar-refractivity contribution in [1.82, 2.24) is 0 Å². The van der Waals surface area contributed by atoms with Gasteiger partial charge < -0.3 is 0 Å². The topological polar surface area (TPSA) is 0 Å². The van der Waals surface area contributed by atoms with Gasteiger partial charge in [-0.1, -0.05) is 152 Å². The molecule has 0 saturated heterocycles. The predicted octanol–water partition coefficient (Wildman–Crippen LogP) is 6.56. The fraction of sp³-hybridized carbons (Fsp3) is 0.211. The van der Waals surface area contributed by atoms with E-state index in [0.717, 1.165) is 0 Å². The van der Waals surface area contributed by atoms with Crippen LogP contribution in [0, 0.1) is 0 Å². The van der Waals surface area contributed by atoms with Crippen LogP contribution in [0.5, 0.6) is 0 Å². The molecule has 6 aromatic carbocycles. The van der Waals surface area contributed by atoms with Gasteiger partial charge in [0.05, 0.1) is 0 Å². The summed E-state index contributed by atoms with van der Waals surface area (Å²) in [6.45, 7) is 2.54. The minimum absolute atomic E-state index is 0. The van der Waals surface area contributed by atoms with E-state index in [1.165, 1.54) is 41.7 Å². The van der Waals surface area contributed by atoms with Crippen molar-refractivity contribution in [3.63, 3.8) is 0 Å². The summed E-state index contributed by atoms with van der Waals surface area (Å²) in [6.07, 6.45) is 3.88. The molecule has 0 heterocycles. The molecule has 3 aliphatic rings. The minimum atomic E-state index is -0.882. The zero-order chi connectivity index (χ0) is 25.7. The largest absolute Gasteiger partial charge is 1.00 e. The monoisotopic (exact) mass is 522 g/mol. The molecule has 0 bridgehead atoms. The second-order valence-corrected chi connectivity index (χ2v) is 12.7. The average Bonchev–Trinajstić information content (AvgIpc) is 3.67. The first-order chi connectivity index (χ1) is 19.3. The molecule has 9 rings (SSSR count). The van der Waals surface area contributed by atoms with Gasteiger partial charge in [-0.2, -0.15) is 6.32 Å². The molecular formula is C38H32BNa. The molecule has 188 valence electrons. The van der Waals surface area contributed by atoms with Gasteiger partial charge in [-0.05, 0) is 49.0 Å². The molecule has 0 amide bonds. The summed E-state index contributed by atoms with van der Waals surface area (Å²) >= 11 is 0. The standard InChI is InChI=1S/C38H32B.Na/c1-2-39(33-21-27-15-3-9-24-12-6-18-30(33)36(24)27,34-22-28-16-4-10-25-13-7-19-31(34)37(25)28)35-23-29-17-5-11-26-14-8-20-32(35)38(26)29;/h3-20,33-35H,2,21-23H2,1H3;/q-1;+1. The van der Waals surface area contributed by atoms with Gasteiger partial charge in [0, 0.05) is 6.15 Å². The zero-order valence-electron chi connectivity index (χ0n) is 23.5. The predicted molar refractivity (Wildman–Crippen MR) is 167 cm³/mol. The molecule has 0 saturated carbocycles. The molecule has 0 radical (unpaired) electrons. The van der Waals surface area contributed by atoms with Gasteiger partial charge in [-0.15, -0.1) is 17.5 Å². The maximum Gasteiger partial charge on any atom is 1.00 e. The Morgan fingerprint density at radius 2 is 0.775 bits per heavy atom. The first kappa shape index (κ1) is 24.9.